The van der Waals surface area contributed by atoms with Gasteiger partial charge in [-0.1, -0.05) is 0 Å². The second-order valence-corrected chi connectivity index (χ2v) is 3.84. The van der Waals surface area contributed by atoms with E-state index in [1.165, 1.54) is 10.9 Å². The van der Waals surface area contributed by atoms with Crippen LogP contribution in [0.4, 0.5) is 5.69 Å². The van der Waals surface area contributed by atoms with Gasteiger partial charge in [-0.05, 0) is 31.2 Å². The first kappa shape index (κ1) is 10.4. The maximum absolute atomic E-state index is 9.41. The Morgan fingerprint density at radius 2 is 2.06 bits per heavy atom. The summed E-state index contributed by atoms with van der Waals surface area (Å²) in [5.74, 6) is 0.548. The van der Waals surface area contributed by atoms with E-state index in [9.17, 15) is 5.11 Å². The summed E-state index contributed by atoms with van der Waals surface area (Å²) in [6.07, 6.45) is 0. The van der Waals surface area contributed by atoms with Gasteiger partial charge in [-0.25, -0.2) is 0 Å². The predicted molar refractivity (Wildman–Crippen MR) is 59.7 cm³/mol. The maximum atomic E-state index is 9.41. The number of rotatable bonds is 2. The van der Waals surface area contributed by atoms with Crippen molar-refractivity contribution in [1.82, 2.24) is 20.2 Å². The van der Waals surface area contributed by atoms with Gasteiger partial charge in [-0.2, -0.15) is 4.80 Å². The minimum Gasteiger partial charge on any atom is -0.508 e. The van der Waals surface area contributed by atoms with Crippen LogP contribution < -0.4 is 5.73 Å². The van der Waals surface area contributed by atoms with Crippen molar-refractivity contribution in [3.63, 3.8) is 0 Å². The van der Waals surface area contributed by atoms with Crippen molar-refractivity contribution in [1.29, 1.82) is 0 Å². The Labute approximate surface area is 92.7 Å². The highest BCUT2D eigenvalue weighted by atomic mass is 16.3. The molecule has 0 aliphatic rings. The van der Waals surface area contributed by atoms with Crippen LogP contribution in [0.25, 0.3) is 11.4 Å². The largest absolute Gasteiger partial charge is 0.508 e. The Morgan fingerprint density at radius 3 is 2.62 bits per heavy atom. The molecule has 1 aromatic heterocycles. The summed E-state index contributed by atoms with van der Waals surface area (Å²) in [5.41, 5.74) is 6.75. The van der Waals surface area contributed by atoms with E-state index in [1.807, 2.05) is 13.8 Å². The third-order valence-corrected chi connectivity index (χ3v) is 2.09. The van der Waals surface area contributed by atoms with Gasteiger partial charge < -0.3 is 10.8 Å². The van der Waals surface area contributed by atoms with E-state index in [0.717, 1.165) is 0 Å². The van der Waals surface area contributed by atoms with E-state index >= 15 is 0 Å². The van der Waals surface area contributed by atoms with Gasteiger partial charge in [0.1, 0.15) is 5.75 Å². The third-order valence-electron chi connectivity index (χ3n) is 2.09. The normalized spacial score (nSPS) is 10.9. The van der Waals surface area contributed by atoms with Crippen molar-refractivity contribution in [2.24, 2.45) is 0 Å². The molecule has 0 radical (unpaired) electrons. The Balaban J connectivity index is 2.42. The number of phenolic OH excluding ortho intramolecular Hbond substituents is 1. The average molecular weight is 219 g/mol. The number of phenols is 1. The minimum absolute atomic E-state index is 0.0934. The lowest BCUT2D eigenvalue weighted by Crippen LogP contribution is -2.04. The molecule has 0 saturated heterocycles. The molecule has 2 aromatic rings. The van der Waals surface area contributed by atoms with E-state index in [0.29, 0.717) is 17.1 Å². The van der Waals surface area contributed by atoms with Crippen LogP contribution in [0.3, 0.4) is 0 Å². The number of hydrogen-bond donors (Lipinski definition) is 2. The fourth-order valence-corrected chi connectivity index (χ4v) is 1.32. The number of anilines is 1. The van der Waals surface area contributed by atoms with Crippen LogP contribution in [0.1, 0.15) is 19.9 Å². The van der Waals surface area contributed by atoms with Crippen molar-refractivity contribution < 1.29 is 5.11 Å². The molecule has 0 spiro atoms. The topological polar surface area (TPSA) is 89.9 Å². The fourth-order valence-electron chi connectivity index (χ4n) is 1.32. The highest BCUT2D eigenvalue weighted by Crippen LogP contribution is 2.23. The van der Waals surface area contributed by atoms with Gasteiger partial charge in [0.05, 0.1) is 6.04 Å². The summed E-state index contributed by atoms with van der Waals surface area (Å²) in [4.78, 5) is 1.51. The van der Waals surface area contributed by atoms with Crippen molar-refractivity contribution >= 4 is 5.69 Å². The number of aromatic hydroxyl groups is 1. The standard InChI is InChI=1S/C10H13N5O/c1-6(2)15-13-10(12-14-15)7-3-8(11)5-9(16)4-7/h3-6,16H,11H2,1-2H3. The number of hydrogen-bond acceptors (Lipinski definition) is 5. The van der Waals surface area contributed by atoms with Gasteiger partial charge in [-0.15, -0.1) is 10.2 Å². The first-order valence-electron chi connectivity index (χ1n) is 4.95. The lowest BCUT2D eigenvalue weighted by atomic mass is 10.2. The Hall–Kier alpha value is -2.11. The van der Waals surface area contributed by atoms with Crippen LogP contribution in [0.15, 0.2) is 18.2 Å². The van der Waals surface area contributed by atoms with E-state index in [-0.39, 0.29) is 11.8 Å². The quantitative estimate of drug-likeness (QED) is 0.741. The summed E-state index contributed by atoms with van der Waals surface area (Å²) in [6.45, 7) is 3.92. The molecule has 3 N–H and O–H groups in total. The monoisotopic (exact) mass is 219 g/mol. The van der Waals surface area contributed by atoms with Crippen LogP contribution in [0, 0.1) is 0 Å². The first-order valence-corrected chi connectivity index (χ1v) is 4.95. The molecule has 0 aliphatic carbocycles. The molecule has 0 amide bonds. The molecule has 1 aromatic carbocycles. The second kappa shape index (κ2) is 3.80. The maximum Gasteiger partial charge on any atom is 0.205 e. The molecule has 0 unspecified atom stereocenters. The summed E-state index contributed by atoms with van der Waals surface area (Å²) >= 11 is 0. The number of nitrogens with zero attached hydrogens (tertiary/aromatic N) is 4. The molecule has 0 atom stereocenters. The van der Waals surface area contributed by atoms with Crippen LogP contribution in [0.2, 0.25) is 0 Å². The van der Waals surface area contributed by atoms with E-state index in [2.05, 4.69) is 15.4 Å². The number of benzene rings is 1. The number of nitrogens with two attached hydrogens (primary N) is 1. The van der Waals surface area contributed by atoms with Crippen molar-refractivity contribution in [3.05, 3.63) is 18.2 Å². The zero-order valence-electron chi connectivity index (χ0n) is 9.12. The molecule has 84 valence electrons. The predicted octanol–water partition coefficient (Wildman–Crippen LogP) is 1.21. The zero-order valence-corrected chi connectivity index (χ0v) is 9.12. The summed E-state index contributed by atoms with van der Waals surface area (Å²) in [7, 11) is 0. The number of nitrogen functional groups attached to an aromatic ring is 1. The highest BCUT2D eigenvalue weighted by molar-refractivity contribution is 5.63. The molecule has 1 heterocycles. The molecule has 6 nitrogen and oxygen atoms in total. The zero-order chi connectivity index (χ0) is 11.7. The molecule has 0 aliphatic heterocycles. The van der Waals surface area contributed by atoms with Crippen LogP contribution in [-0.2, 0) is 0 Å². The summed E-state index contributed by atoms with van der Waals surface area (Å²) < 4.78 is 0. The molecule has 6 heteroatoms. The minimum atomic E-state index is 0.0934. The molecule has 2 rings (SSSR count). The highest BCUT2D eigenvalue weighted by Gasteiger charge is 2.09. The Bertz CT molecular complexity index is 485. The van der Waals surface area contributed by atoms with Gasteiger partial charge in [0.15, 0.2) is 0 Å². The SMILES string of the molecule is CC(C)n1nnc(-c2cc(N)cc(O)c2)n1. The van der Waals surface area contributed by atoms with Gasteiger partial charge in [0.25, 0.3) is 0 Å². The molecule has 16 heavy (non-hydrogen) atoms. The summed E-state index contributed by atoms with van der Waals surface area (Å²) in [5, 5.41) is 21.4. The lowest BCUT2D eigenvalue weighted by molar-refractivity contribution is 0.455. The van der Waals surface area contributed by atoms with Gasteiger partial charge in [-0.3, -0.25) is 0 Å². The number of tetrazole rings is 1. The smallest absolute Gasteiger partial charge is 0.205 e. The molecular weight excluding hydrogens is 206 g/mol. The molecular formula is C10H13N5O. The molecule has 0 bridgehead atoms. The Morgan fingerprint density at radius 1 is 1.31 bits per heavy atom. The van der Waals surface area contributed by atoms with Crippen molar-refractivity contribution in [3.8, 4) is 17.1 Å². The van der Waals surface area contributed by atoms with E-state index in [1.54, 1.807) is 12.1 Å². The van der Waals surface area contributed by atoms with Gasteiger partial charge in [0, 0.05) is 17.3 Å². The number of aromatic nitrogens is 4. The van der Waals surface area contributed by atoms with Crippen LogP contribution >= 0.6 is 0 Å². The molecule has 0 fully saturated rings. The average Bonchev–Trinajstić information content (AvgIpc) is 2.64. The van der Waals surface area contributed by atoms with Gasteiger partial charge in [0.2, 0.25) is 5.82 Å². The lowest BCUT2D eigenvalue weighted by Gasteiger charge is -2.00. The second-order valence-electron chi connectivity index (χ2n) is 3.84. The first-order chi connectivity index (χ1) is 7.56. The Kier molecular flexibility index (Phi) is 2.47. The van der Waals surface area contributed by atoms with Crippen molar-refractivity contribution in [2.75, 3.05) is 5.73 Å². The van der Waals surface area contributed by atoms with E-state index in [4.69, 9.17) is 5.73 Å². The van der Waals surface area contributed by atoms with Crippen molar-refractivity contribution in [2.45, 2.75) is 19.9 Å². The van der Waals surface area contributed by atoms with Crippen LogP contribution in [-0.4, -0.2) is 25.3 Å². The fraction of sp³-hybridized carbons (Fsp3) is 0.300. The van der Waals surface area contributed by atoms with Crippen LogP contribution in [0.5, 0.6) is 5.75 Å². The molecule has 0 saturated carbocycles. The summed E-state index contributed by atoms with van der Waals surface area (Å²) in [6, 6.07) is 4.87. The van der Waals surface area contributed by atoms with E-state index < -0.39 is 0 Å². The van der Waals surface area contributed by atoms with Gasteiger partial charge >= 0.3 is 0 Å². The third kappa shape index (κ3) is 1.95.